The molecule has 25 heavy (non-hydrogen) atoms. The number of carbonyl (C=O) groups is 1. The van der Waals surface area contributed by atoms with Crippen molar-refractivity contribution in [1.82, 2.24) is 10.1 Å². The molecule has 0 bridgehead atoms. The average molecular weight is 362 g/mol. The Kier molecular flexibility index (Phi) is 4.45. The number of sulfone groups is 1. The molecular formula is C18H22N2O4S. The Morgan fingerprint density at radius 3 is 2.36 bits per heavy atom. The molecule has 0 aliphatic heterocycles. The number of rotatable bonds is 5. The SMILES string of the molecule is Cc1ccc(S(=O)(=O)C2(C(=O)N(C)Cc3cc(C)on3)CCC2)cc1. The minimum atomic E-state index is -3.75. The van der Waals surface area contributed by atoms with Crippen LogP contribution >= 0.6 is 0 Å². The van der Waals surface area contributed by atoms with Gasteiger partial charge in [-0.3, -0.25) is 4.79 Å². The van der Waals surface area contributed by atoms with E-state index in [1.54, 1.807) is 44.3 Å². The van der Waals surface area contributed by atoms with Crippen LogP contribution in [-0.2, 0) is 21.2 Å². The highest BCUT2D eigenvalue weighted by Crippen LogP contribution is 2.44. The van der Waals surface area contributed by atoms with E-state index >= 15 is 0 Å². The Morgan fingerprint density at radius 2 is 1.88 bits per heavy atom. The van der Waals surface area contributed by atoms with Gasteiger partial charge in [0.15, 0.2) is 14.6 Å². The standard InChI is InChI=1S/C18H22N2O4S/c1-13-5-7-16(8-6-13)25(22,23)18(9-4-10-18)17(21)20(3)12-15-11-14(2)24-19-15/h5-8,11H,4,9-10,12H2,1-3H3. The molecule has 7 heteroatoms. The third kappa shape index (κ3) is 2.97. The van der Waals surface area contributed by atoms with Crippen LogP contribution < -0.4 is 0 Å². The van der Waals surface area contributed by atoms with E-state index in [-0.39, 0.29) is 17.3 Å². The van der Waals surface area contributed by atoms with Crippen molar-refractivity contribution in [2.45, 2.75) is 49.3 Å². The van der Waals surface area contributed by atoms with Gasteiger partial charge in [-0.15, -0.1) is 0 Å². The number of hydrogen-bond acceptors (Lipinski definition) is 5. The maximum absolute atomic E-state index is 13.2. The van der Waals surface area contributed by atoms with Crippen LogP contribution in [0.5, 0.6) is 0 Å². The normalized spacial score (nSPS) is 16.3. The number of nitrogens with zero attached hydrogens (tertiary/aromatic N) is 2. The molecule has 0 unspecified atom stereocenters. The molecule has 0 spiro atoms. The Balaban J connectivity index is 1.88. The molecule has 1 amide bonds. The Hall–Kier alpha value is -2.15. The van der Waals surface area contributed by atoms with Gasteiger partial charge in [-0.25, -0.2) is 8.42 Å². The minimum Gasteiger partial charge on any atom is -0.361 e. The van der Waals surface area contributed by atoms with Crippen molar-refractivity contribution in [2.75, 3.05) is 7.05 Å². The van der Waals surface area contributed by atoms with Crippen molar-refractivity contribution in [1.29, 1.82) is 0 Å². The van der Waals surface area contributed by atoms with Gasteiger partial charge >= 0.3 is 0 Å². The Labute approximate surface area is 147 Å². The van der Waals surface area contributed by atoms with Crippen LogP contribution in [-0.4, -0.2) is 36.2 Å². The predicted molar refractivity (Wildman–Crippen MR) is 92.7 cm³/mol. The van der Waals surface area contributed by atoms with E-state index in [0.717, 1.165) is 12.0 Å². The van der Waals surface area contributed by atoms with Gasteiger partial charge in [0.2, 0.25) is 5.91 Å². The number of aryl methyl sites for hydroxylation is 2. The zero-order valence-corrected chi connectivity index (χ0v) is 15.5. The molecule has 0 N–H and O–H groups in total. The third-order valence-corrected chi connectivity index (χ3v) is 7.32. The first kappa shape index (κ1) is 17.7. The Morgan fingerprint density at radius 1 is 1.24 bits per heavy atom. The highest BCUT2D eigenvalue weighted by atomic mass is 32.2. The predicted octanol–water partition coefficient (Wildman–Crippen LogP) is 2.65. The van der Waals surface area contributed by atoms with Gasteiger partial charge in [0.05, 0.1) is 11.4 Å². The van der Waals surface area contributed by atoms with Crippen molar-refractivity contribution in [3.8, 4) is 0 Å². The summed E-state index contributed by atoms with van der Waals surface area (Å²) >= 11 is 0. The van der Waals surface area contributed by atoms with Crippen LogP contribution in [0.2, 0.25) is 0 Å². The largest absolute Gasteiger partial charge is 0.361 e. The maximum Gasteiger partial charge on any atom is 0.244 e. The molecule has 1 aromatic heterocycles. The summed E-state index contributed by atoms with van der Waals surface area (Å²) in [6.45, 7) is 3.89. The lowest BCUT2D eigenvalue weighted by Gasteiger charge is -2.41. The van der Waals surface area contributed by atoms with E-state index in [1.807, 2.05) is 6.92 Å². The summed E-state index contributed by atoms with van der Waals surface area (Å²) in [5, 5.41) is 3.88. The molecule has 6 nitrogen and oxygen atoms in total. The van der Waals surface area contributed by atoms with Gasteiger partial charge in [-0.05, 0) is 45.2 Å². The first-order valence-electron chi connectivity index (χ1n) is 8.25. The molecule has 1 fully saturated rings. The quantitative estimate of drug-likeness (QED) is 0.817. The summed E-state index contributed by atoms with van der Waals surface area (Å²) < 4.78 is 30.0. The van der Waals surface area contributed by atoms with Crippen LogP contribution in [0.25, 0.3) is 0 Å². The lowest BCUT2D eigenvalue weighted by atomic mass is 9.83. The molecule has 0 saturated heterocycles. The fraction of sp³-hybridized carbons (Fsp3) is 0.444. The second-order valence-corrected chi connectivity index (χ2v) is 9.01. The van der Waals surface area contributed by atoms with Gasteiger partial charge in [0, 0.05) is 13.1 Å². The van der Waals surface area contributed by atoms with Gasteiger partial charge in [-0.2, -0.15) is 0 Å². The highest BCUT2D eigenvalue weighted by molar-refractivity contribution is 7.93. The Bertz CT molecular complexity index is 880. The summed E-state index contributed by atoms with van der Waals surface area (Å²) in [5.74, 6) is 0.279. The molecule has 1 saturated carbocycles. The van der Waals surface area contributed by atoms with Crippen molar-refractivity contribution in [3.05, 3.63) is 47.3 Å². The summed E-state index contributed by atoms with van der Waals surface area (Å²) in [5.41, 5.74) is 1.59. The molecule has 1 aliphatic carbocycles. The second-order valence-electron chi connectivity index (χ2n) is 6.75. The van der Waals surface area contributed by atoms with Crippen molar-refractivity contribution in [3.63, 3.8) is 0 Å². The maximum atomic E-state index is 13.2. The molecule has 134 valence electrons. The lowest BCUT2D eigenvalue weighted by molar-refractivity contribution is -0.135. The lowest BCUT2D eigenvalue weighted by Crippen LogP contribution is -2.57. The summed E-state index contributed by atoms with van der Waals surface area (Å²) in [4.78, 5) is 14.7. The zero-order valence-electron chi connectivity index (χ0n) is 14.7. The zero-order chi connectivity index (χ0) is 18.2. The fourth-order valence-corrected chi connectivity index (χ4v) is 5.35. The molecule has 1 heterocycles. The van der Waals surface area contributed by atoms with Crippen LogP contribution in [0.4, 0.5) is 0 Å². The first-order valence-corrected chi connectivity index (χ1v) is 9.74. The molecule has 1 aliphatic rings. The summed E-state index contributed by atoms with van der Waals surface area (Å²) in [7, 11) is -2.14. The minimum absolute atomic E-state index is 0.205. The number of aromatic nitrogens is 1. The molecular weight excluding hydrogens is 340 g/mol. The topological polar surface area (TPSA) is 80.5 Å². The first-order chi connectivity index (χ1) is 11.8. The third-order valence-electron chi connectivity index (χ3n) is 4.82. The molecule has 0 atom stereocenters. The molecule has 1 aromatic carbocycles. The van der Waals surface area contributed by atoms with Gasteiger partial charge < -0.3 is 9.42 Å². The van der Waals surface area contributed by atoms with Crippen molar-refractivity contribution in [2.24, 2.45) is 0 Å². The van der Waals surface area contributed by atoms with Crippen LogP contribution in [0.1, 0.15) is 36.3 Å². The van der Waals surface area contributed by atoms with E-state index in [9.17, 15) is 13.2 Å². The molecule has 0 radical (unpaired) electrons. The highest BCUT2D eigenvalue weighted by Gasteiger charge is 2.56. The van der Waals surface area contributed by atoms with E-state index in [1.165, 1.54) is 4.90 Å². The number of carbonyl (C=O) groups excluding carboxylic acids is 1. The number of hydrogen-bond donors (Lipinski definition) is 0. The van der Waals surface area contributed by atoms with E-state index in [0.29, 0.717) is 24.3 Å². The van der Waals surface area contributed by atoms with E-state index < -0.39 is 14.6 Å². The summed E-state index contributed by atoms with van der Waals surface area (Å²) in [6.07, 6.45) is 1.43. The molecule has 2 aromatic rings. The average Bonchev–Trinajstić information content (AvgIpc) is 2.91. The van der Waals surface area contributed by atoms with Gasteiger partial charge in [0.1, 0.15) is 11.5 Å². The van der Waals surface area contributed by atoms with Crippen molar-refractivity contribution >= 4 is 15.7 Å². The van der Waals surface area contributed by atoms with Crippen molar-refractivity contribution < 1.29 is 17.7 Å². The fourth-order valence-electron chi connectivity index (χ4n) is 3.19. The van der Waals surface area contributed by atoms with Gasteiger partial charge in [-0.1, -0.05) is 22.9 Å². The van der Waals surface area contributed by atoms with Crippen LogP contribution in [0.15, 0.2) is 39.8 Å². The summed E-state index contributed by atoms with van der Waals surface area (Å²) in [6, 6.07) is 8.42. The monoisotopic (exact) mass is 362 g/mol. The molecule has 3 rings (SSSR count). The number of amides is 1. The van der Waals surface area contributed by atoms with E-state index in [4.69, 9.17) is 4.52 Å². The van der Waals surface area contributed by atoms with Crippen LogP contribution in [0.3, 0.4) is 0 Å². The second kappa shape index (κ2) is 6.29. The van der Waals surface area contributed by atoms with Crippen LogP contribution in [0, 0.1) is 13.8 Å². The number of benzene rings is 1. The van der Waals surface area contributed by atoms with Gasteiger partial charge in [0.25, 0.3) is 0 Å². The van der Waals surface area contributed by atoms with E-state index in [2.05, 4.69) is 5.16 Å². The smallest absolute Gasteiger partial charge is 0.244 e.